The number of esters is 1. The summed E-state index contributed by atoms with van der Waals surface area (Å²) in [5.74, 6) is -0.383. The summed E-state index contributed by atoms with van der Waals surface area (Å²) in [6, 6.07) is 22.8. The third kappa shape index (κ3) is 6.82. The zero-order valence-corrected chi connectivity index (χ0v) is 17.2. The van der Waals surface area contributed by atoms with Gasteiger partial charge in [-0.05, 0) is 61.0 Å². The normalized spacial score (nSPS) is 10.2. The number of carbonyl (C=O) groups is 3. The van der Waals surface area contributed by atoms with Crippen LogP contribution in [0.5, 0.6) is 5.75 Å². The first-order valence-electron chi connectivity index (χ1n) is 9.86. The fourth-order valence-electron chi connectivity index (χ4n) is 2.79. The second-order valence-electron chi connectivity index (χ2n) is 6.90. The van der Waals surface area contributed by atoms with Crippen LogP contribution in [0.25, 0.3) is 0 Å². The molecule has 31 heavy (non-hydrogen) atoms. The van der Waals surface area contributed by atoms with Crippen LogP contribution >= 0.6 is 0 Å². The number of amides is 1. The van der Waals surface area contributed by atoms with Gasteiger partial charge in [0.2, 0.25) is 0 Å². The van der Waals surface area contributed by atoms with Crippen LogP contribution < -0.4 is 10.1 Å². The Morgan fingerprint density at radius 2 is 1.58 bits per heavy atom. The van der Waals surface area contributed by atoms with E-state index in [1.165, 1.54) is 0 Å². The van der Waals surface area contributed by atoms with Crippen molar-refractivity contribution in [3.05, 3.63) is 95.6 Å². The number of ether oxygens (including phenoxy) is 2. The standard InChI is InChI=1S/C25H23NO5/c1-18-6-5-9-22(16-18)30-15-14-24(28)31-17-23(27)19-10-12-21(13-11-19)26-25(29)20-7-3-2-4-8-20/h2-13,16H,14-15,17H2,1H3,(H,26,29). The lowest BCUT2D eigenvalue weighted by molar-refractivity contribution is -0.143. The largest absolute Gasteiger partial charge is 0.493 e. The van der Waals surface area contributed by atoms with Crippen molar-refractivity contribution >= 4 is 23.3 Å². The quantitative estimate of drug-likeness (QED) is 0.411. The van der Waals surface area contributed by atoms with E-state index in [1.807, 2.05) is 37.3 Å². The number of rotatable bonds is 9. The molecule has 0 aliphatic carbocycles. The number of ketones is 1. The molecule has 0 atom stereocenters. The minimum Gasteiger partial charge on any atom is -0.493 e. The van der Waals surface area contributed by atoms with Crippen LogP contribution in [0.2, 0.25) is 0 Å². The van der Waals surface area contributed by atoms with E-state index < -0.39 is 5.97 Å². The first-order chi connectivity index (χ1) is 15.0. The molecule has 0 bridgehead atoms. The molecule has 0 aromatic heterocycles. The Morgan fingerprint density at radius 3 is 2.29 bits per heavy atom. The minimum absolute atomic E-state index is 0.0473. The van der Waals surface area contributed by atoms with Gasteiger partial charge < -0.3 is 14.8 Å². The Hall–Kier alpha value is -3.93. The highest BCUT2D eigenvalue weighted by atomic mass is 16.5. The molecule has 0 radical (unpaired) electrons. The molecule has 0 aliphatic heterocycles. The number of Topliss-reactive ketones (excluding diaryl/α,β-unsaturated/α-hetero) is 1. The summed E-state index contributed by atoms with van der Waals surface area (Å²) in [6.07, 6.45) is 0.0473. The number of hydrogen-bond donors (Lipinski definition) is 1. The molecule has 3 rings (SSSR count). The highest BCUT2D eigenvalue weighted by Crippen LogP contribution is 2.14. The summed E-state index contributed by atoms with van der Waals surface area (Å²) in [5.41, 5.74) is 2.56. The van der Waals surface area contributed by atoms with E-state index in [4.69, 9.17) is 9.47 Å². The molecule has 0 fully saturated rings. The van der Waals surface area contributed by atoms with Crippen LogP contribution in [-0.2, 0) is 9.53 Å². The van der Waals surface area contributed by atoms with E-state index in [0.29, 0.717) is 22.6 Å². The Bertz CT molecular complexity index is 1050. The maximum atomic E-state index is 12.2. The van der Waals surface area contributed by atoms with Gasteiger partial charge in [0.05, 0.1) is 13.0 Å². The lowest BCUT2D eigenvalue weighted by atomic mass is 10.1. The molecule has 3 aromatic rings. The van der Waals surface area contributed by atoms with Gasteiger partial charge in [0, 0.05) is 16.8 Å². The lowest BCUT2D eigenvalue weighted by Crippen LogP contribution is -2.16. The average molecular weight is 417 g/mol. The maximum absolute atomic E-state index is 12.2. The van der Waals surface area contributed by atoms with E-state index in [0.717, 1.165) is 5.56 Å². The van der Waals surface area contributed by atoms with Gasteiger partial charge >= 0.3 is 5.97 Å². The van der Waals surface area contributed by atoms with Gasteiger partial charge in [-0.15, -0.1) is 0 Å². The van der Waals surface area contributed by atoms with Crippen molar-refractivity contribution in [3.8, 4) is 5.75 Å². The Labute approximate surface area is 180 Å². The van der Waals surface area contributed by atoms with E-state index in [1.54, 1.807) is 48.5 Å². The van der Waals surface area contributed by atoms with Crippen molar-refractivity contribution in [2.75, 3.05) is 18.5 Å². The molecule has 0 saturated carbocycles. The Morgan fingerprint density at radius 1 is 0.839 bits per heavy atom. The second kappa shape index (κ2) is 10.7. The fraction of sp³-hybridized carbons (Fsp3) is 0.160. The highest BCUT2D eigenvalue weighted by molar-refractivity contribution is 6.04. The van der Waals surface area contributed by atoms with E-state index >= 15 is 0 Å². The zero-order chi connectivity index (χ0) is 22.1. The van der Waals surface area contributed by atoms with E-state index in [9.17, 15) is 14.4 Å². The third-order valence-corrected chi connectivity index (χ3v) is 4.43. The van der Waals surface area contributed by atoms with Gasteiger partial charge in [-0.2, -0.15) is 0 Å². The Kier molecular flexibility index (Phi) is 7.54. The van der Waals surface area contributed by atoms with Crippen LogP contribution in [0.15, 0.2) is 78.9 Å². The molecule has 0 aliphatic rings. The number of aryl methyl sites for hydroxylation is 1. The number of hydrogen-bond acceptors (Lipinski definition) is 5. The summed E-state index contributed by atoms with van der Waals surface area (Å²) in [6.45, 7) is 1.78. The van der Waals surface area contributed by atoms with Gasteiger partial charge in [0.1, 0.15) is 5.75 Å². The molecule has 0 spiro atoms. The molecule has 1 amide bonds. The van der Waals surface area contributed by atoms with Crippen molar-refractivity contribution in [1.29, 1.82) is 0 Å². The average Bonchev–Trinajstić information content (AvgIpc) is 2.78. The topological polar surface area (TPSA) is 81.7 Å². The molecule has 0 unspecified atom stereocenters. The summed E-state index contributed by atoms with van der Waals surface area (Å²) < 4.78 is 10.5. The number of carbonyl (C=O) groups excluding carboxylic acids is 3. The van der Waals surface area contributed by atoms with Crippen molar-refractivity contribution in [2.24, 2.45) is 0 Å². The molecule has 6 heteroatoms. The zero-order valence-electron chi connectivity index (χ0n) is 17.2. The predicted octanol–water partition coefficient (Wildman–Crippen LogP) is 4.44. The molecule has 0 heterocycles. The first kappa shape index (κ1) is 21.8. The molecular formula is C25H23NO5. The SMILES string of the molecule is Cc1cccc(OCCC(=O)OCC(=O)c2ccc(NC(=O)c3ccccc3)cc2)c1. The number of nitrogens with one attached hydrogen (secondary N) is 1. The Balaban J connectivity index is 1.41. The first-order valence-corrected chi connectivity index (χ1v) is 9.86. The van der Waals surface area contributed by atoms with Crippen LogP contribution in [0, 0.1) is 6.92 Å². The molecular weight excluding hydrogens is 394 g/mol. The summed E-state index contributed by atoms with van der Waals surface area (Å²) >= 11 is 0. The van der Waals surface area contributed by atoms with Crippen LogP contribution in [-0.4, -0.2) is 30.9 Å². The summed E-state index contributed by atoms with van der Waals surface area (Å²) in [7, 11) is 0. The minimum atomic E-state index is -0.507. The molecule has 6 nitrogen and oxygen atoms in total. The lowest BCUT2D eigenvalue weighted by Gasteiger charge is -2.08. The van der Waals surface area contributed by atoms with Crippen LogP contribution in [0.3, 0.4) is 0 Å². The van der Waals surface area contributed by atoms with Gasteiger partial charge in [-0.1, -0.05) is 30.3 Å². The van der Waals surface area contributed by atoms with Crippen LogP contribution in [0.4, 0.5) is 5.69 Å². The molecule has 3 aromatic carbocycles. The van der Waals surface area contributed by atoms with Crippen molar-refractivity contribution in [3.63, 3.8) is 0 Å². The van der Waals surface area contributed by atoms with Crippen LogP contribution in [0.1, 0.15) is 32.7 Å². The number of anilines is 1. The smallest absolute Gasteiger partial charge is 0.309 e. The van der Waals surface area contributed by atoms with Gasteiger partial charge in [-0.25, -0.2) is 0 Å². The predicted molar refractivity (Wildman–Crippen MR) is 117 cm³/mol. The van der Waals surface area contributed by atoms with E-state index in [-0.39, 0.29) is 31.3 Å². The number of benzene rings is 3. The molecule has 1 N–H and O–H groups in total. The molecule has 0 saturated heterocycles. The maximum Gasteiger partial charge on any atom is 0.309 e. The van der Waals surface area contributed by atoms with Gasteiger partial charge in [0.15, 0.2) is 12.4 Å². The monoisotopic (exact) mass is 417 g/mol. The third-order valence-electron chi connectivity index (χ3n) is 4.43. The van der Waals surface area contributed by atoms with Crippen molar-refractivity contribution in [1.82, 2.24) is 0 Å². The van der Waals surface area contributed by atoms with E-state index in [2.05, 4.69) is 5.32 Å². The summed E-state index contributed by atoms with van der Waals surface area (Å²) in [5, 5.41) is 2.77. The molecule has 158 valence electrons. The fourth-order valence-corrected chi connectivity index (χ4v) is 2.79. The van der Waals surface area contributed by atoms with Crippen molar-refractivity contribution < 1.29 is 23.9 Å². The second-order valence-corrected chi connectivity index (χ2v) is 6.90. The van der Waals surface area contributed by atoms with Gasteiger partial charge in [0.25, 0.3) is 5.91 Å². The highest BCUT2D eigenvalue weighted by Gasteiger charge is 2.11. The van der Waals surface area contributed by atoms with Gasteiger partial charge in [-0.3, -0.25) is 14.4 Å². The van der Waals surface area contributed by atoms with Crippen molar-refractivity contribution in [2.45, 2.75) is 13.3 Å². The summed E-state index contributed by atoms with van der Waals surface area (Å²) in [4.78, 5) is 36.2.